The van der Waals surface area contributed by atoms with Gasteiger partial charge in [-0.2, -0.15) is 13.2 Å². The molecule has 11 nitrogen and oxygen atoms in total. The molecule has 5 atom stereocenters. The second-order valence-electron chi connectivity index (χ2n) is 11.2. The van der Waals surface area contributed by atoms with Crippen LogP contribution in [0.3, 0.4) is 0 Å². The average molecular weight is 582 g/mol. The first-order valence-electron chi connectivity index (χ1n) is 12.9. The largest absolute Gasteiger partial charge is 0.510 e. The number of fused-ring (bicyclic) bond motifs is 3. The number of likely N-dealkylation sites (N-methyl/N-ethyl adjacent to an activating group) is 2. The minimum absolute atomic E-state index is 0.0728. The third kappa shape index (κ3) is 4.07. The highest BCUT2D eigenvalue weighted by molar-refractivity contribution is 6.24. The molecule has 0 radical (unpaired) electrons. The van der Waals surface area contributed by atoms with E-state index in [2.05, 4.69) is 0 Å². The fraction of sp³-hybridized carbons (Fsp3) is 0.519. The van der Waals surface area contributed by atoms with Crippen molar-refractivity contribution in [2.75, 3.05) is 40.9 Å². The molecule has 3 aliphatic carbocycles. The third-order valence-corrected chi connectivity index (χ3v) is 8.79. The molecule has 1 saturated heterocycles. The molecular weight excluding hydrogens is 551 g/mol. The number of nitrogens with two attached hydrogens (primary N) is 1. The molecule has 222 valence electrons. The number of aliphatic hydroxyl groups excluding tert-OH is 2. The third-order valence-electron chi connectivity index (χ3n) is 8.79. The zero-order valence-electron chi connectivity index (χ0n) is 22.4. The summed E-state index contributed by atoms with van der Waals surface area (Å²) < 4.78 is 49.5. The van der Waals surface area contributed by atoms with E-state index in [0.29, 0.717) is 13.2 Å². The first-order valence-corrected chi connectivity index (χ1v) is 12.9. The number of primary amides is 1. The van der Waals surface area contributed by atoms with E-state index in [1.54, 1.807) is 11.9 Å². The second kappa shape index (κ2) is 9.54. The van der Waals surface area contributed by atoms with E-state index in [1.165, 1.54) is 19.0 Å². The summed E-state index contributed by atoms with van der Waals surface area (Å²) in [6, 6.07) is -1.25. The first-order chi connectivity index (χ1) is 19.0. The van der Waals surface area contributed by atoms with Crippen molar-refractivity contribution < 1.29 is 52.7 Å². The number of rotatable bonds is 3. The lowest BCUT2D eigenvalue weighted by molar-refractivity contribution is -0.148. The molecule has 1 unspecified atom stereocenters. The lowest BCUT2D eigenvalue weighted by Gasteiger charge is -2.50. The van der Waals surface area contributed by atoms with Crippen LogP contribution in [0.4, 0.5) is 13.2 Å². The molecule has 41 heavy (non-hydrogen) atoms. The Bertz CT molecular complexity index is 1440. The quantitative estimate of drug-likeness (QED) is 0.326. The molecule has 1 aliphatic heterocycles. The Balaban J connectivity index is 1.74. The van der Waals surface area contributed by atoms with Gasteiger partial charge in [-0.05, 0) is 57.1 Å². The Kier molecular flexibility index (Phi) is 6.76. The number of nitrogens with zero attached hydrogens (tertiary/aromatic N) is 2. The number of allylic oxidation sites excluding steroid dienone is 1. The number of phenols is 1. The van der Waals surface area contributed by atoms with Crippen LogP contribution in [0.15, 0.2) is 28.7 Å². The van der Waals surface area contributed by atoms with Crippen LogP contribution < -0.4 is 5.73 Å². The predicted octanol–water partition coefficient (Wildman–Crippen LogP) is 1.14. The van der Waals surface area contributed by atoms with Gasteiger partial charge in [0.1, 0.15) is 22.8 Å². The Morgan fingerprint density at radius 2 is 1.88 bits per heavy atom. The highest BCUT2D eigenvalue weighted by atomic mass is 19.4. The zero-order chi connectivity index (χ0) is 30.3. The summed E-state index contributed by atoms with van der Waals surface area (Å²) in [5.41, 5.74) is -1.60. The van der Waals surface area contributed by atoms with Crippen LogP contribution in [0.2, 0.25) is 0 Å². The average Bonchev–Trinajstić information content (AvgIpc) is 2.85. The summed E-state index contributed by atoms with van der Waals surface area (Å²) in [6.07, 6.45) is -5.72. The number of hydrogen-bond acceptors (Lipinski definition) is 10. The summed E-state index contributed by atoms with van der Waals surface area (Å²) in [7, 11) is 4.54. The topological polar surface area (TPSA) is 174 Å². The minimum Gasteiger partial charge on any atom is -0.510 e. The second-order valence-corrected chi connectivity index (χ2v) is 11.2. The van der Waals surface area contributed by atoms with Gasteiger partial charge in [0.25, 0.3) is 5.91 Å². The van der Waals surface area contributed by atoms with E-state index in [0.717, 1.165) is 6.07 Å². The van der Waals surface area contributed by atoms with Gasteiger partial charge >= 0.3 is 6.18 Å². The number of benzene rings is 1. The van der Waals surface area contributed by atoms with E-state index >= 15 is 0 Å². The number of morpholine rings is 1. The SMILES string of the molecule is CN1CCOCC1c1cc(O)c2c(c1C(F)(F)F)C[C@H]1C[C@H]3[C@H](N(C)C)C(O)=C(C(N)=O)C(=O)[C@@]3(O)C(O)=C1C2=O. The van der Waals surface area contributed by atoms with Gasteiger partial charge < -0.3 is 30.9 Å². The van der Waals surface area contributed by atoms with E-state index in [9.17, 15) is 48.0 Å². The summed E-state index contributed by atoms with van der Waals surface area (Å²) in [5.74, 6) is -9.12. The number of ketones is 2. The van der Waals surface area contributed by atoms with Crippen LogP contribution in [-0.4, -0.2) is 100 Å². The van der Waals surface area contributed by atoms with Crippen LogP contribution in [0.5, 0.6) is 5.75 Å². The fourth-order valence-electron chi connectivity index (χ4n) is 6.96. The van der Waals surface area contributed by atoms with Gasteiger partial charge in [-0.1, -0.05) is 0 Å². The van der Waals surface area contributed by atoms with Crippen LogP contribution in [0, 0.1) is 11.8 Å². The number of halogens is 3. The van der Waals surface area contributed by atoms with Crippen molar-refractivity contribution >= 4 is 17.5 Å². The molecule has 0 saturated carbocycles. The van der Waals surface area contributed by atoms with Gasteiger partial charge in [0.15, 0.2) is 11.4 Å². The van der Waals surface area contributed by atoms with Crippen molar-refractivity contribution in [2.45, 2.75) is 36.7 Å². The van der Waals surface area contributed by atoms with Gasteiger partial charge in [0.05, 0.1) is 36.4 Å². The first kappa shape index (κ1) is 29.0. The lowest BCUT2D eigenvalue weighted by atomic mass is 9.58. The van der Waals surface area contributed by atoms with Crippen molar-refractivity contribution in [1.29, 1.82) is 0 Å². The molecule has 1 fully saturated rings. The van der Waals surface area contributed by atoms with E-state index < -0.39 is 105 Å². The van der Waals surface area contributed by atoms with Crippen molar-refractivity contribution in [3.05, 3.63) is 51.0 Å². The summed E-state index contributed by atoms with van der Waals surface area (Å²) in [4.78, 5) is 42.2. The lowest BCUT2D eigenvalue weighted by Crippen LogP contribution is -2.63. The van der Waals surface area contributed by atoms with Crippen LogP contribution in [-0.2, 0) is 26.9 Å². The number of Topliss-reactive ketones (excluding diaryl/α,β-unsaturated/α-hetero) is 2. The Morgan fingerprint density at radius 1 is 1.22 bits per heavy atom. The number of carbonyl (C=O) groups is 3. The van der Waals surface area contributed by atoms with Gasteiger partial charge in [-0.3, -0.25) is 24.2 Å². The molecule has 0 spiro atoms. The smallest absolute Gasteiger partial charge is 0.417 e. The molecule has 0 bridgehead atoms. The van der Waals surface area contributed by atoms with E-state index in [-0.39, 0.29) is 18.6 Å². The predicted molar refractivity (Wildman–Crippen MR) is 135 cm³/mol. The zero-order valence-corrected chi connectivity index (χ0v) is 22.4. The number of aliphatic hydroxyl groups is 3. The summed E-state index contributed by atoms with van der Waals surface area (Å²) in [6.45, 7) is 0.581. The maximum atomic E-state index is 14.7. The summed E-state index contributed by atoms with van der Waals surface area (Å²) >= 11 is 0. The van der Waals surface area contributed by atoms with Gasteiger partial charge in [-0.25, -0.2) is 0 Å². The molecule has 1 amide bonds. The van der Waals surface area contributed by atoms with Gasteiger partial charge in [0, 0.05) is 18.0 Å². The molecule has 0 aromatic heterocycles. The maximum Gasteiger partial charge on any atom is 0.417 e. The molecule has 1 aromatic carbocycles. The number of ether oxygens (including phenoxy) is 1. The highest BCUT2D eigenvalue weighted by Gasteiger charge is 2.63. The van der Waals surface area contributed by atoms with Crippen molar-refractivity contribution in [1.82, 2.24) is 9.80 Å². The number of hydrogen-bond donors (Lipinski definition) is 5. The molecular formula is C27H30F3N3O8. The van der Waals surface area contributed by atoms with Crippen molar-refractivity contribution in [3.8, 4) is 5.75 Å². The minimum atomic E-state index is -4.94. The van der Waals surface area contributed by atoms with Gasteiger partial charge in [-0.15, -0.1) is 0 Å². The number of amides is 1. The molecule has 6 N–H and O–H groups in total. The van der Waals surface area contributed by atoms with E-state index in [1.807, 2.05) is 0 Å². The summed E-state index contributed by atoms with van der Waals surface area (Å²) in [5, 5.41) is 44.7. The van der Waals surface area contributed by atoms with Gasteiger partial charge in [0.2, 0.25) is 5.78 Å². The molecule has 14 heteroatoms. The number of aromatic hydroxyl groups is 1. The van der Waals surface area contributed by atoms with E-state index in [4.69, 9.17) is 10.5 Å². The maximum absolute atomic E-state index is 14.7. The van der Waals surface area contributed by atoms with Crippen molar-refractivity contribution in [3.63, 3.8) is 0 Å². The molecule has 1 heterocycles. The number of alkyl halides is 3. The molecule has 4 aliphatic rings. The molecule has 5 rings (SSSR count). The van der Waals surface area contributed by atoms with Crippen LogP contribution in [0.25, 0.3) is 0 Å². The van der Waals surface area contributed by atoms with Crippen LogP contribution in [0.1, 0.15) is 39.5 Å². The Labute approximate surface area is 232 Å². The van der Waals surface area contributed by atoms with Crippen molar-refractivity contribution in [2.24, 2.45) is 17.6 Å². The normalized spacial score (nSPS) is 30.8. The molecule has 1 aromatic rings. The Hall–Kier alpha value is -3.46. The highest BCUT2D eigenvalue weighted by Crippen LogP contribution is 2.54. The van der Waals surface area contributed by atoms with Crippen LogP contribution >= 0.6 is 0 Å². The standard InChI is InChI=1S/C27H30F3N3O8/c1-32(2)20-13-7-10-6-12-17(15(34)8-11(19(12)27(28,29)30)14-9-41-5-4-33(14)3)21(35)16(10)23(37)26(13,40)24(38)18(22(20)36)25(31)39/h8,10,13-14,20,34,36-37,40H,4-7,9H2,1-3H3,(H2,31,39)/t10-,13-,14?,20-,26-/m0/s1. The Morgan fingerprint density at radius 3 is 2.44 bits per heavy atom. The number of carbonyl (C=O) groups excluding carboxylic acids is 3. The monoisotopic (exact) mass is 581 g/mol. The fourth-order valence-corrected chi connectivity index (χ4v) is 6.96. The number of phenolic OH excluding ortho intramolecular Hbond substituents is 1.